The molecule has 5 rings (SSSR count). The van der Waals surface area contributed by atoms with E-state index in [1.807, 2.05) is 49.4 Å². The topological polar surface area (TPSA) is 97.0 Å². The molecule has 0 atom stereocenters. The zero-order valence-corrected chi connectivity index (χ0v) is 24.9. The fraction of sp³-hybridized carbons (Fsp3) is 0.194. The Morgan fingerprint density at radius 1 is 1.14 bits per heavy atom. The molecular weight excluding hydrogens is 591 g/mol. The van der Waals surface area contributed by atoms with Gasteiger partial charge in [0.2, 0.25) is 5.91 Å². The summed E-state index contributed by atoms with van der Waals surface area (Å²) in [5.41, 5.74) is 7.72. The van der Waals surface area contributed by atoms with Gasteiger partial charge >= 0.3 is 6.36 Å². The average Bonchev–Trinajstić information content (AvgIpc) is 3.60. The highest BCUT2D eigenvalue weighted by molar-refractivity contribution is 8.15. The number of nitrogens with one attached hydrogen (secondary N) is 1. The Morgan fingerprint density at radius 2 is 1.91 bits per heavy atom. The third-order valence-electron chi connectivity index (χ3n) is 6.42. The molecule has 0 aliphatic carbocycles. The smallest absolute Gasteiger partial charge is 0.406 e. The zero-order valence-electron chi connectivity index (χ0n) is 24.0. The van der Waals surface area contributed by atoms with E-state index in [4.69, 9.17) is 0 Å². The van der Waals surface area contributed by atoms with E-state index in [-0.39, 0.29) is 29.1 Å². The van der Waals surface area contributed by atoms with Crippen LogP contribution in [0, 0.1) is 6.92 Å². The minimum absolute atomic E-state index is 0.0436. The molecule has 0 spiro atoms. The fourth-order valence-corrected chi connectivity index (χ4v) is 5.30. The molecule has 1 amide bonds. The molecule has 1 aliphatic heterocycles. The molecule has 2 heterocycles. The number of hydrogen-bond donors (Lipinski definition) is 1. The van der Waals surface area contributed by atoms with Crippen LogP contribution in [-0.2, 0) is 4.79 Å². The van der Waals surface area contributed by atoms with Crippen molar-refractivity contribution in [1.29, 1.82) is 0 Å². The molecule has 9 nitrogen and oxygen atoms in total. The number of amidine groups is 1. The van der Waals surface area contributed by atoms with Crippen LogP contribution in [0.15, 0.2) is 95.6 Å². The number of aliphatic imine (C=N–C) groups is 1. The normalized spacial score (nSPS) is 14.7. The van der Waals surface area contributed by atoms with E-state index >= 15 is 0 Å². The Morgan fingerprint density at radius 3 is 2.64 bits per heavy atom. The molecule has 0 saturated carbocycles. The number of hydrazone groups is 1. The van der Waals surface area contributed by atoms with Gasteiger partial charge in [0, 0.05) is 5.56 Å². The van der Waals surface area contributed by atoms with Crippen LogP contribution >= 0.6 is 11.8 Å². The van der Waals surface area contributed by atoms with Gasteiger partial charge in [0.25, 0.3) is 0 Å². The molecule has 3 aromatic carbocycles. The SMILES string of the molecule is C=C(/N=C1\SCC(=O)N1c1cc(C)ccc1C(C)C)N/N=C/c1cccc(-c2ncn(-c3ccc(OC(F)(F)F)cc3)n2)c1. The third-order valence-corrected chi connectivity index (χ3v) is 7.35. The van der Waals surface area contributed by atoms with Crippen molar-refractivity contribution in [2.24, 2.45) is 10.1 Å². The number of benzene rings is 3. The highest BCUT2D eigenvalue weighted by atomic mass is 32.2. The molecule has 4 aromatic rings. The average molecular weight is 620 g/mol. The van der Waals surface area contributed by atoms with Crippen LogP contribution in [-0.4, -0.2) is 44.2 Å². The van der Waals surface area contributed by atoms with Crippen molar-refractivity contribution in [3.05, 3.63) is 102 Å². The second-order valence-electron chi connectivity index (χ2n) is 10.1. The Labute approximate surface area is 256 Å². The first-order chi connectivity index (χ1) is 21.0. The summed E-state index contributed by atoms with van der Waals surface area (Å²) in [4.78, 5) is 23.3. The molecule has 0 unspecified atom stereocenters. The summed E-state index contributed by atoms with van der Waals surface area (Å²) in [6, 6.07) is 18.7. The number of carbonyl (C=O) groups is 1. The van der Waals surface area contributed by atoms with Crippen molar-refractivity contribution in [2.75, 3.05) is 10.7 Å². The molecular formula is C31H28F3N7O2S. The summed E-state index contributed by atoms with van der Waals surface area (Å²) < 4.78 is 42.7. The molecule has 1 N–H and O–H groups in total. The minimum Gasteiger partial charge on any atom is -0.406 e. The second kappa shape index (κ2) is 12.8. The number of amides is 1. The van der Waals surface area contributed by atoms with Crippen molar-refractivity contribution in [3.8, 4) is 22.8 Å². The highest BCUT2D eigenvalue weighted by Crippen LogP contribution is 2.34. The van der Waals surface area contributed by atoms with E-state index in [2.05, 4.69) is 50.8 Å². The standard InChI is InChI=1S/C31H28F3N7O2S/c1-19(2)26-13-8-20(3)14-27(26)41-28(42)17-44-30(41)37-21(4)38-36-16-22-6-5-7-23(15-22)29-35-18-40(39-29)24-9-11-25(12-10-24)43-31(32,33)34/h5-16,18-19,38H,4,17H2,1-3H3/b36-16+,37-30-. The molecule has 1 fully saturated rings. The van der Waals surface area contributed by atoms with Gasteiger partial charge in [-0.2, -0.15) is 5.10 Å². The molecule has 226 valence electrons. The maximum atomic E-state index is 12.8. The molecule has 1 aliphatic rings. The lowest BCUT2D eigenvalue weighted by Gasteiger charge is -2.22. The van der Waals surface area contributed by atoms with Gasteiger partial charge in [-0.25, -0.2) is 14.7 Å². The number of carbonyl (C=O) groups excluding carboxylic acids is 1. The Bertz CT molecular complexity index is 1750. The van der Waals surface area contributed by atoms with Crippen LogP contribution in [0.25, 0.3) is 17.1 Å². The van der Waals surface area contributed by atoms with Crippen LogP contribution in [0.5, 0.6) is 5.75 Å². The lowest BCUT2D eigenvalue weighted by molar-refractivity contribution is -0.274. The van der Waals surface area contributed by atoms with E-state index < -0.39 is 6.36 Å². The molecule has 0 radical (unpaired) electrons. The van der Waals surface area contributed by atoms with Crippen molar-refractivity contribution >= 4 is 34.7 Å². The Hall–Kier alpha value is -4.91. The number of aryl methyl sites for hydroxylation is 1. The monoisotopic (exact) mass is 619 g/mol. The lowest BCUT2D eigenvalue weighted by atomic mass is 9.99. The first-order valence-corrected chi connectivity index (χ1v) is 14.5. The third kappa shape index (κ3) is 7.35. The van der Waals surface area contributed by atoms with E-state index in [1.54, 1.807) is 11.1 Å². The Balaban J connectivity index is 1.26. The minimum atomic E-state index is -4.76. The first kappa shape index (κ1) is 30.5. The largest absolute Gasteiger partial charge is 0.573 e. The molecule has 0 bridgehead atoms. The number of alkyl halides is 3. The van der Waals surface area contributed by atoms with Gasteiger partial charge in [0.05, 0.1) is 23.3 Å². The summed E-state index contributed by atoms with van der Waals surface area (Å²) in [7, 11) is 0. The van der Waals surface area contributed by atoms with E-state index in [0.29, 0.717) is 22.2 Å². The number of ether oxygens (including phenoxy) is 1. The molecule has 13 heteroatoms. The summed E-state index contributed by atoms with van der Waals surface area (Å²) in [5, 5.41) is 9.22. The predicted molar refractivity (Wildman–Crippen MR) is 166 cm³/mol. The molecule has 1 saturated heterocycles. The summed E-state index contributed by atoms with van der Waals surface area (Å²) >= 11 is 1.35. The summed E-state index contributed by atoms with van der Waals surface area (Å²) in [5.74, 6) is 0.831. The van der Waals surface area contributed by atoms with Gasteiger partial charge in [-0.05, 0) is 65.9 Å². The maximum Gasteiger partial charge on any atom is 0.573 e. The van der Waals surface area contributed by atoms with Gasteiger partial charge in [-0.3, -0.25) is 15.1 Å². The van der Waals surface area contributed by atoms with Gasteiger partial charge in [0.15, 0.2) is 11.0 Å². The molecule has 44 heavy (non-hydrogen) atoms. The van der Waals surface area contributed by atoms with Gasteiger partial charge in [0.1, 0.15) is 17.9 Å². The fourth-order valence-electron chi connectivity index (χ4n) is 4.42. The number of aromatic nitrogens is 3. The van der Waals surface area contributed by atoms with E-state index in [1.165, 1.54) is 47.0 Å². The van der Waals surface area contributed by atoms with E-state index in [9.17, 15) is 18.0 Å². The summed E-state index contributed by atoms with van der Waals surface area (Å²) in [6.45, 7) is 10.1. The number of halogens is 3. The van der Waals surface area contributed by atoms with Crippen molar-refractivity contribution in [1.82, 2.24) is 20.2 Å². The Kier molecular flexibility index (Phi) is 8.86. The van der Waals surface area contributed by atoms with Gasteiger partial charge < -0.3 is 4.74 Å². The maximum absolute atomic E-state index is 12.8. The lowest BCUT2D eigenvalue weighted by Crippen LogP contribution is -2.31. The predicted octanol–water partition coefficient (Wildman–Crippen LogP) is 6.80. The number of anilines is 1. The van der Waals surface area contributed by atoms with Crippen molar-refractivity contribution < 1.29 is 22.7 Å². The van der Waals surface area contributed by atoms with Gasteiger partial charge in [-0.15, -0.1) is 18.3 Å². The number of nitrogens with zero attached hydrogens (tertiary/aromatic N) is 6. The van der Waals surface area contributed by atoms with Crippen molar-refractivity contribution in [2.45, 2.75) is 33.1 Å². The van der Waals surface area contributed by atoms with Crippen LogP contribution in [0.4, 0.5) is 18.9 Å². The van der Waals surface area contributed by atoms with Crippen molar-refractivity contribution in [3.63, 3.8) is 0 Å². The highest BCUT2D eigenvalue weighted by Gasteiger charge is 2.32. The zero-order chi connectivity index (χ0) is 31.4. The second-order valence-corrected chi connectivity index (χ2v) is 11.1. The van der Waals surface area contributed by atoms with Crippen LogP contribution < -0.4 is 15.1 Å². The first-order valence-electron chi connectivity index (χ1n) is 13.5. The van der Waals surface area contributed by atoms with Crippen LogP contribution in [0.2, 0.25) is 0 Å². The number of hydrogen-bond acceptors (Lipinski definition) is 8. The quantitative estimate of drug-likeness (QED) is 0.164. The van der Waals surface area contributed by atoms with Crippen LogP contribution in [0.3, 0.4) is 0 Å². The number of thioether (sulfide) groups is 1. The number of rotatable bonds is 9. The van der Waals surface area contributed by atoms with Crippen LogP contribution in [0.1, 0.15) is 36.5 Å². The van der Waals surface area contributed by atoms with E-state index in [0.717, 1.165) is 22.4 Å². The van der Waals surface area contributed by atoms with Gasteiger partial charge in [-0.1, -0.05) is 62.5 Å². The molecule has 1 aromatic heterocycles. The summed E-state index contributed by atoms with van der Waals surface area (Å²) in [6.07, 6.45) is -1.70.